The van der Waals surface area contributed by atoms with E-state index < -0.39 is 0 Å². The molecule has 0 atom stereocenters. The molecule has 2 aromatic carbocycles. The van der Waals surface area contributed by atoms with Crippen LogP contribution in [0.5, 0.6) is 11.5 Å². The standard InChI is InChI=1S/C21H21ClN2O4/c1-5-24-12-17(20(25)23(2)14-8-6-13(22)7-9-14)15-10-18(27-3)19(28-4)11-16(15)21(24)26/h6-12H,5H2,1-4H3. The summed E-state index contributed by atoms with van der Waals surface area (Å²) in [6.07, 6.45) is 1.59. The van der Waals surface area contributed by atoms with E-state index in [1.54, 1.807) is 49.6 Å². The summed E-state index contributed by atoms with van der Waals surface area (Å²) < 4.78 is 12.2. The molecule has 6 nitrogen and oxygen atoms in total. The molecule has 3 aromatic rings. The number of ether oxygens (including phenoxy) is 2. The highest BCUT2D eigenvalue weighted by atomic mass is 35.5. The summed E-state index contributed by atoms with van der Waals surface area (Å²) in [5.74, 6) is 0.638. The molecule has 0 aliphatic heterocycles. The number of aryl methyl sites for hydroxylation is 1. The SMILES string of the molecule is CCn1cc(C(=O)N(C)c2ccc(Cl)cc2)c2cc(OC)c(OC)cc2c1=O. The molecule has 146 valence electrons. The third kappa shape index (κ3) is 3.43. The highest BCUT2D eigenvalue weighted by molar-refractivity contribution is 6.30. The van der Waals surface area contributed by atoms with Crippen molar-refractivity contribution in [2.24, 2.45) is 0 Å². The van der Waals surface area contributed by atoms with Gasteiger partial charge in [0.25, 0.3) is 11.5 Å². The van der Waals surface area contributed by atoms with E-state index in [1.807, 2.05) is 6.92 Å². The Morgan fingerprint density at radius 2 is 1.64 bits per heavy atom. The summed E-state index contributed by atoms with van der Waals surface area (Å²) >= 11 is 5.94. The van der Waals surface area contributed by atoms with Crippen molar-refractivity contribution in [3.63, 3.8) is 0 Å². The molecule has 7 heteroatoms. The van der Waals surface area contributed by atoms with E-state index in [9.17, 15) is 9.59 Å². The number of hydrogen-bond donors (Lipinski definition) is 0. The molecular formula is C21H21ClN2O4. The van der Waals surface area contributed by atoms with Gasteiger partial charge in [-0.05, 0) is 43.3 Å². The predicted octanol–water partition coefficient (Wildman–Crippen LogP) is 3.97. The molecule has 0 saturated heterocycles. The second-order valence-electron chi connectivity index (χ2n) is 6.23. The Hall–Kier alpha value is -2.99. The lowest BCUT2D eigenvalue weighted by atomic mass is 10.0. The lowest BCUT2D eigenvalue weighted by Gasteiger charge is -2.20. The molecule has 28 heavy (non-hydrogen) atoms. The number of rotatable bonds is 5. The van der Waals surface area contributed by atoms with Gasteiger partial charge < -0.3 is 18.9 Å². The first-order valence-electron chi connectivity index (χ1n) is 8.74. The first-order valence-corrected chi connectivity index (χ1v) is 9.11. The van der Waals surface area contributed by atoms with Gasteiger partial charge in [0.2, 0.25) is 0 Å². The number of carbonyl (C=O) groups is 1. The third-order valence-electron chi connectivity index (χ3n) is 4.68. The van der Waals surface area contributed by atoms with Crippen LogP contribution in [0, 0.1) is 0 Å². The summed E-state index contributed by atoms with van der Waals surface area (Å²) in [6, 6.07) is 10.3. The van der Waals surface area contributed by atoms with E-state index in [4.69, 9.17) is 21.1 Å². The topological polar surface area (TPSA) is 60.8 Å². The van der Waals surface area contributed by atoms with Gasteiger partial charge in [0.15, 0.2) is 11.5 Å². The Bertz CT molecular complexity index is 1090. The van der Waals surface area contributed by atoms with Crippen LogP contribution in [0.15, 0.2) is 47.4 Å². The normalized spacial score (nSPS) is 10.8. The first kappa shape index (κ1) is 19.8. The Morgan fingerprint density at radius 1 is 1.07 bits per heavy atom. The van der Waals surface area contributed by atoms with Crippen molar-refractivity contribution in [1.82, 2.24) is 4.57 Å². The zero-order valence-corrected chi connectivity index (χ0v) is 16.9. The third-order valence-corrected chi connectivity index (χ3v) is 4.93. The lowest BCUT2D eigenvalue weighted by molar-refractivity contribution is 0.0994. The number of halogens is 1. The van der Waals surface area contributed by atoms with Crippen LogP contribution in [0.4, 0.5) is 5.69 Å². The van der Waals surface area contributed by atoms with Crippen LogP contribution in [0.2, 0.25) is 5.02 Å². The van der Waals surface area contributed by atoms with Crippen LogP contribution in [0.3, 0.4) is 0 Å². The molecule has 0 radical (unpaired) electrons. The average molecular weight is 401 g/mol. The van der Waals surface area contributed by atoms with Crippen molar-refractivity contribution in [2.45, 2.75) is 13.5 Å². The molecule has 0 spiro atoms. The van der Waals surface area contributed by atoms with Gasteiger partial charge >= 0.3 is 0 Å². The second-order valence-corrected chi connectivity index (χ2v) is 6.66. The molecule has 3 rings (SSSR count). The van der Waals surface area contributed by atoms with Crippen LogP contribution < -0.4 is 19.9 Å². The van der Waals surface area contributed by atoms with Crippen molar-refractivity contribution in [1.29, 1.82) is 0 Å². The van der Waals surface area contributed by atoms with Gasteiger partial charge in [-0.2, -0.15) is 0 Å². The van der Waals surface area contributed by atoms with Gasteiger partial charge in [0.05, 0.1) is 25.2 Å². The maximum atomic E-state index is 13.3. The Balaban J connectivity index is 2.23. The molecule has 0 saturated carbocycles. The first-order chi connectivity index (χ1) is 13.4. The summed E-state index contributed by atoms with van der Waals surface area (Å²) in [4.78, 5) is 27.6. The number of hydrogen-bond acceptors (Lipinski definition) is 4. The van der Waals surface area contributed by atoms with Crippen LogP contribution in [-0.4, -0.2) is 31.7 Å². The van der Waals surface area contributed by atoms with Crippen molar-refractivity contribution >= 4 is 34.0 Å². The monoisotopic (exact) mass is 400 g/mol. The molecule has 0 aliphatic rings. The fraction of sp³-hybridized carbons (Fsp3) is 0.238. The molecule has 0 aliphatic carbocycles. The Morgan fingerprint density at radius 3 is 2.18 bits per heavy atom. The summed E-state index contributed by atoms with van der Waals surface area (Å²) in [5, 5.41) is 1.50. The fourth-order valence-electron chi connectivity index (χ4n) is 3.09. The van der Waals surface area contributed by atoms with E-state index in [0.29, 0.717) is 45.1 Å². The molecule has 0 fully saturated rings. The van der Waals surface area contributed by atoms with E-state index in [1.165, 1.54) is 23.7 Å². The minimum absolute atomic E-state index is 0.191. The number of benzene rings is 2. The van der Waals surface area contributed by atoms with Gasteiger partial charge in [-0.3, -0.25) is 9.59 Å². The van der Waals surface area contributed by atoms with Gasteiger partial charge in [0.1, 0.15) is 0 Å². The molecule has 1 aromatic heterocycles. The number of amides is 1. The number of nitrogens with zero attached hydrogens (tertiary/aromatic N) is 2. The number of pyridine rings is 1. The lowest BCUT2D eigenvalue weighted by Crippen LogP contribution is -2.29. The molecule has 1 amide bonds. The molecular weight excluding hydrogens is 380 g/mol. The summed E-state index contributed by atoms with van der Waals surface area (Å²) in [5.41, 5.74) is 0.899. The predicted molar refractivity (Wildman–Crippen MR) is 111 cm³/mol. The number of fused-ring (bicyclic) bond motifs is 1. The van der Waals surface area contributed by atoms with Crippen LogP contribution in [0.25, 0.3) is 10.8 Å². The fourth-order valence-corrected chi connectivity index (χ4v) is 3.21. The minimum atomic E-state index is -0.248. The minimum Gasteiger partial charge on any atom is -0.493 e. The van der Waals surface area contributed by atoms with Crippen molar-refractivity contribution < 1.29 is 14.3 Å². The van der Waals surface area contributed by atoms with Crippen LogP contribution >= 0.6 is 11.6 Å². The van der Waals surface area contributed by atoms with E-state index in [-0.39, 0.29) is 11.5 Å². The van der Waals surface area contributed by atoms with E-state index >= 15 is 0 Å². The Labute approximate surface area is 167 Å². The number of aromatic nitrogens is 1. The van der Waals surface area contributed by atoms with Crippen molar-refractivity contribution in [3.05, 3.63) is 63.5 Å². The number of carbonyl (C=O) groups excluding carboxylic acids is 1. The average Bonchev–Trinajstić information content (AvgIpc) is 2.72. The van der Waals surface area contributed by atoms with E-state index in [2.05, 4.69) is 0 Å². The van der Waals surface area contributed by atoms with E-state index in [0.717, 1.165) is 0 Å². The zero-order valence-electron chi connectivity index (χ0n) is 16.2. The molecule has 0 unspecified atom stereocenters. The van der Waals surface area contributed by atoms with Crippen LogP contribution in [0.1, 0.15) is 17.3 Å². The highest BCUT2D eigenvalue weighted by Gasteiger charge is 2.21. The van der Waals surface area contributed by atoms with Crippen molar-refractivity contribution in [2.75, 3.05) is 26.2 Å². The summed E-state index contributed by atoms with van der Waals surface area (Å²) in [7, 11) is 4.70. The molecule has 1 heterocycles. The molecule has 0 N–H and O–H groups in total. The molecule has 0 bridgehead atoms. The van der Waals surface area contributed by atoms with Gasteiger partial charge in [0, 0.05) is 35.9 Å². The Kier molecular flexibility index (Phi) is 5.61. The quantitative estimate of drug-likeness (QED) is 0.650. The van der Waals surface area contributed by atoms with Crippen molar-refractivity contribution in [3.8, 4) is 11.5 Å². The summed E-state index contributed by atoms with van der Waals surface area (Å²) in [6.45, 7) is 2.29. The maximum absolute atomic E-state index is 13.3. The van der Waals surface area contributed by atoms with Gasteiger partial charge in [-0.15, -0.1) is 0 Å². The second kappa shape index (κ2) is 7.94. The maximum Gasteiger partial charge on any atom is 0.260 e. The highest BCUT2D eigenvalue weighted by Crippen LogP contribution is 2.33. The van der Waals surface area contributed by atoms with Crippen LogP contribution in [-0.2, 0) is 6.54 Å². The zero-order chi connectivity index (χ0) is 20.4. The smallest absolute Gasteiger partial charge is 0.260 e. The van der Waals surface area contributed by atoms with Gasteiger partial charge in [-0.1, -0.05) is 11.6 Å². The number of anilines is 1. The van der Waals surface area contributed by atoms with Gasteiger partial charge in [-0.25, -0.2) is 0 Å². The number of methoxy groups -OCH3 is 2. The largest absolute Gasteiger partial charge is 0.493 e.